The molecule has 0 radical (unpaired) electrons. The average molecular weight is 166 g/mol. The average Bonchev–Trinajstić information content (AvgIpc) is 2.04. The molecule has 0 aliphatic heterocycles. The molecule has 0 spiro atoms. The summed E-state index contributed by atoms with van der Waals surface area (Å²) in [6.07, 6.45) is 1.17. The van der Waals surface area contributed by atoms with Crippen molar-refractivity contribution < 1.29 is 9.66 Å². The van der Waals surface area contributed by atoms with Gasteiger partial charge in [0.25, 0.3) is 5.69 Å². The van der Waals surface area contributed by atoms with Gasteiger partial charge in [-0.15, -0.1) is 0 Å². The third kappa shape index (κ3) is 1.53. The number of hydrogen-bond acceptors (Lipinski definition) is 4. The number of ether oxygens (including phenoxy) is 1. The SMILES string of the molecule is Bc1cc([N+](=O)[O-])cnc1OC. The van der Waals surface area contributed by atoms with Crippen LogP contribution in [0.25, 0.3) is 0 Å². The first-order valence-corrected chi connectivity index (χ1v) is 3.30. The fourth-order valence-electron chi connectivity index (χ4n) is 0.861. The Balaban J connectivity index is 3.10. The minimum atomic E-state index is -0.487. The van der Waals surface area contributed by atoms with E-state index >= 15 is 0 Å². The van der Waals surface area contributed by atoms with Gasteiger partial charge < -0.3 is 4.74 Å². The van der Waals surface area contributed by atoms with Crippen LogP contribution in [0.1, 0.15) is 0 Å². The molecule has 0 atom stereocenters. The van der Waals surface area contributed by atoms with E-state index in [1.165, 1.54) is 19.4 Å². The lowest BCUT2D eigenvalue weighted by Gasteiger charge is -2.00. The summed E-state index contributed by atoms with van der Waals surface area (Å²) in [7, 11) is 3.18. The van der Waals surface area contributed by atoms with E-state index in [0.717, 1.165) is 0 Å². The molecular weight excluding hydrogens is 159 g/mol. The van der Waals surface area contributed by atoms with Crippen LogP contribution in [0.4, 0.5) is 5.69 Å². The smallest absolute Gasteiger partial charge is 0.287 e. The van der Waals surface area contributed by atoms with Crippen LogP contribution in [0.3, 0.4) is 0 Å². The van der Waals surface area contributed by atoms with Gasteiger partial charge in [-0.3, -0.25) is 10.1 Å². The van der Waals surface area contributed by atoms with Crippen molar-refractivity contribution in [2.45, 2.75) is 0 Å². The number of rotatable bonds is 2. The van der Waals surface area contributed by atoms with E-state index in [9.17, 15) is 10.1 Å². The molecule has 0 aromatic carbocycles. The zero-order valence-electron chi connectivity index (χ0n) is 6.77. The molecular formula is C6H7BN2O3. The Labute approximate surface area is 69.9 Å². The standard InChI is InChI=1S/C6H7BN2O3/c1-12-6-5(7)2-4(3-8-6)9(10)11/h2-3H,7H2,1H3. The summed E-state index contributed by atoms with van der Waals surface area (Å²) in [4.78, 5) is 13.5. The molecule has 0 amide bonds. The Morgan fingerprint density at radius 2 is 2.42 bits per heavy atom. The van der Waals surface area contributed by atoms with Gasteiger partial charge in [0.05, 0.1) is 12.0 Å². The van der Waals surface area contributed by atoms with Gasteiger partial charge in [0.2, 0.25) is 5.88 Å². The molecule has 62 valence electrons. The third-order valence-electron chi connectivity index (χ3n) is 1.42. The van der Waals surface area contributed by atoms with Crippen molar-refractivity contribution >= 4 is 19.0 Å². The van der Waals surface area contributed by atoms with Crippen LogP contribution in [0.15, 0.2) is 12.3 Å². The van der Waals surface area contributed by atoms with Crippen LogP contribution in [0.2, 0.25) is 0 Å². The number of nitrogens with zero attached hydrogens (tertiary/aromatic N) is 2. The van der Waals surface area contributed by atoms with Crippen LogP contribution in [0, 0.1) is 10.1 Å². The van der Waals surface area contributed by atoms with E-state index in [-0.39, 0.29) is 5.69 Å². The second-order valence-electron chi connectivity index (χ2n) is 2.28. The number of methoxy groups -OCH3 is 1. The summed E-state index contributed by atoms with van der Waals surface area (Å²) >= 11 is 0. The molecule has 6 heteroatoms. The monoisotopic (exact) mass is 166 g/mol. The molecule has 0 saturated carbocycles. The summed E-state index contributed by atoms with van der Waals surface area (Å²) in [5.41, 5.74) is 0.639. The Kier molecular flexibility index (Phi) is 2.28. The first kappa shape index (κ1) is 8.51. The van der Waals surface area contributed by atoms with Gasteiger partial charge in [-0.05, 0) is 5.46 Å². The highest BCUT2D eigenvalue weighted by atomic mass is 16.6. The summed E-state index contributed by atoms with van der Waals surface area (Å²) in [5.74, 6) is 0.417. The molecule has 0 fully saturated rings. The molecule has 5 nitrogen and oxygen atoms in total. The van der Waals surface area contributed by atoms with Crippen LogP contribution in [-0.2, 0) is 0 Å². The maximum atomic E-state index is 10.3. The highest BCUT2D eigenvalue weighted by Gasteiger charge is 2.08. The zero-order valence-corrected chi connectivity index (χ0v) is 6.77. The van der Waals surface area contributed by atoms with Crippen molar-refractivity contribution in [2.24, 2.45) is 0 Å². The maximum absolute atomic E-state index is 10.3. The molecule has 12 heavy (non-hydrogen) atoms. The first-order valence-electron chi connectivity index (χ1n) is 3.30. The summed E-state index contributed by atoms with van der Waals surface area (Å²) in [5, 5.41) is 10.3. The molecule has 0 aliphatic carbocycles. The van der Waals surface area contributed by atoms with Gasteiger partial charge in [0, 0.05) is 6.07 Å². The van der Waals surface area contributed by atoms with E-state index in [1.54, 1.807) is 7.85 Å². The van der Waals surface area contributed by atoms with Crippen molar-refractivity contribution in [2.75, 3.05) is 7.11 Å². The Morgan fingerprint density at radius 1 is 1.75 bits per heavy atom. The largest absolute Gasteiger partial charge is 0.481 e. The highest BCUT2D eigenvalue weighted by Crippen LogP contribution is 2.09. The van der Waals surface area contributed by atoms with Crippen LogP contribution >= 0.6 is 0 Å². The maximum Gasteiger partial charge on any atom is 0.287 e. The van der Waals surface area contributed by atoms with Gasteiger partial charge in [-0.25, -0.2) is 4.98 Å². The molecule has 0 unspecified atom stereocenters. The number of aromatic nitrogens is 1. The third-order valence-corrected chi connectivity index (χ3v) is 1.42. The van der Waals surface area contributed by atoms with Crippen molar-refractivity contribution in [3.05, 3.63) is 22.4 Å². The number of hydrogen-bond donors (Lipinski definition) is 0. The molecule has 0 bridgehead atoms. The quantitative estimate of drug-likeness (QED) is 0.329. The van der Waals surface area contributed by atoms with Gasteiger partial charge >= 0.3 is 0 Å². The van der Waals surface area contributed by atoms with Gasteiger partial charge in [-0.2, -0.15) is 0 Å². The number of pyridine rings is 1. The minimum absolute atomic E-state index is 0.0201. The lowest BCUT2D eigenvalue weighted by Crippen LogP contribution is -2.10. The summed E-state index contributed by atoms with van der Waals surface area (Å²) in [6.45, 7) is 0. The zero-order chi connectivity index (χ0) is 9.14. The Hall–Kier alpha value is -1.59. The van der Waals surface area contributed by atoms with Gasteiger partial charge in [0.15, 0.2) is 0 Å². The van der Waals surface area contributed by atoms with Crippen molar-refractivity contribution in [3.8, 4) is 5.88 Å². The second kappa shape index (κ2) is 3.21. The fourth-order valence-corrected chi connectivity index (χ4v) is 0.861. The van der Waals surface area contributed by atoms with Crippen LogP contribution in [0.5, 0.6) is 5.88 Å². The Morgan fingerprint density at radius 3 is 2.83 bits per heavy atom. The lowest BCUT2D eigenvalue weighted by atomic mass is 9.97. The topological polar surface area (TPSA) is 65.3 Å². The molecule has 1 rings (SSSR count). The second-order valence-corrected chi connectivity index (χ2v) is 2.28. The van der Waals surface area contributed by atoms with Crippen LogP contribution < -0.4 is 10.2 Å². The lowest BCUT2D eigenvalue weighted by molar-refractivity contribution is -0.385. The Bertz CT molecular complexity index is 316. The van der Waals surface area contributed by atoms with Crippen molar-refractivity contribution in [1.29, 1.82) is 0 Å². The summed E-state index contributed by atoms with van der Waals surface area (Å²) in [6, 6.07) is 1.42. The molecule has 1 aromatic rings. The molecule has 0 N–H and O–H groups in total. The van der Waals surface area contributed by atoms with E-state index in [1.807, 2.05) is 0 Å². The van der Waals surface area contributed by atoms with Crippen LogP contribution in [-0.4, -0.2) is 24.9 Å². The minimum Gasteiger partial charge on any atom is -0.481 e. The number of nitro groups is 1. The predicted molar refractivity (Wildman–Crippen MR) is 45.6 cm³/mol. The van der Waals surface area contributed by atoms with E-state index in [0.29, 0.717) is 11.3 Å². The highest BCUT2D eigenvalue weighted by molar-refractivity contribution is 6.34. The first-order chi connectivity index (χ1) is 5.65. The molecule has 0 aliphatic rings. The molecule has 1 aromatic heterocycles. The van der Waals surface area contributed by atoms with E-state index < -0.39 is 4.92 Å². The fraction of sp³-hybridized carbons (Fsp3) is 0.167. The van der Waals surface area contributed by atoms with E-state index in [4.69, 9.17) is 4.74 Å². The summed E-state index contributed by atoms with van der Waals surface area (Å²) < 4.78 is 4.85. The van der Waals surface area contributed by atoms with Crippen molar-refractivity contribution in [3.63, 3.8) is 0 Å². The normalized spacial score (nSPS) is 9.42. The molecule has 0 saturated heterocycles. The van der Waals surface area contributed by atoms with Gasteiger partial charge in [-0.1, -0.05) is 0 Å². The van der Waals surface area contributed by atoms with Crippen molar-refractivity contribution in [1.82, 2.24) is 4.98 Å². The molecule has 1 heterocycles. The van der Waals surface area contributed by atoms with Gasteiger partial charge in [0.1, 0.15) is 14.0 Å². The predicted octanol–water partition coefficient (Wildman–Crippen LogP) is -0.743. The van der Waals surface area contributed by atoms with E-state index in [2.05, 4.69) is 4.98 Å².